The zero-order valence-electron chi connectivity index (χ0n) is 7.14. The van der Waals surface area contributed by atoms with E-state index in [2.05, 4.69) is 3.63 Å². The van der Waals surface area contributed by atoms with Gasteiger partial charge in [-0.3, -0.25) is 0 Å². The van der Waals surface area contributed by atoms with Crippen LogP contribution in [0.3, 0.4) is 0 Å². The quantitative estimate of drug-likeness (QED) is 0.725. The van der Waals surface area contributed by atoms with Gasteiger partial charge >= 0.3 is 10.1 Å². The van der Waals surface area contributed by atoms with E-state index < -0.39 is 10.1 Å². The minimum atomic E-state index is -3.56. The Morgan fingerprint density at radius 3 is 2.46 bits per heavy atom. The van der Waals surface area contributed by atoms with Gasteiger partial charge in [-0.25, -0.2) is 0 Å². The van der Waals surface area contributed by atoms with Gasteiger partial charge in [-0.05, 0) is 12.1 Å². The molecule has 13 heavy (non-hydrogen) atoms. The Hall–Kier alpha value is -0.520. The van der Waals surface area contributed by atoms with Crippen LogP contribution in [0, 0.1) is 0 Å². The fourth-order valence-electron chi connectivity index (χ4n) is 0.738. The van der Waals surface area contributed by atoms with Gasteiger partial charge in [-0.15, -0.1) is 0 Å². The summed E-state index contributed by atoms with van der Waals surface area (Å²) in [5.74, 6) is 0.603. The third kappa shape index (κ3) is 3.02. The van der Waals surface area contributed by atoms with E-state index in [1.165, 1.54) is 12.1 Å². The Balaban J connectivity index is 2.83. The van der Waals surface area contributed by atoms with E-state index in [9.17, 15) is 8.42 Å². The molecule has 0 radical (unpaired) electrons. The number of benzene rings is 1. The van der Waals surface area contributed by atoms with Crippen molar-refractivity contribution in [2.75, 3.05) is 5.75 Å². The van der Waals surface area contributed by atoms with Gasteiger partial charge in [0.25, 0.3) is 0 Å². The predicted molar refractivity (Wildman–Crippen MR) is 52.8 cm³/mol. The molecule has 0 aliphatic rings. The smallest absolute Gasteiger partial charge is 0.194 e. The first-order valence-corrected chi connectivity index (χ1v) is 6.10. The summed E-state index contributed by atoms with van der Waals surface area (Å²) in [4.78, 5) is 0.191. The second-order valence-corrected chi connectivity index (χ2v) is 4.98. The molecule has 0 aliphatic heterocycles. The van der Waals surface area contributed by atoms with E-state index in [1.54, 1.807) is 18.2 Å². The van der Waals surface area contributed by atoms with Crippen molar-refractivity contribution >= 4 is 22.2 Å². The second-order valence-electron chi connectivity index (χ2n) is 2.24. The predicted octanol–water partition coefficient (Wildman–Crippen LogP) is 2.06. The lowest BCUT2D eigenvalue weighted by Gasteiger charge is -2.01. The first kappa shape index (κ1) is 10.6. The van der Waals surface area contributed by atoms with Crippen molar-refractivity contribution in [3.8, 4) is 0 Å². The number of rotatable bonds is 4. The van der Waals surface area contributed by atoms with E-state index in [4.69, 9.17) is 0 Å². The van der Waals surface area contributed by atoms with Crippen molar-refractivity contribution in [3.63, 3.8) is 0 Å². The van der Waals surface area contributed by atoms with E-state index in [1.807, 2.05) is 6.92 Å². The minimum Gasteiger partial charge on any atom is -0.194 e. The molecule has 1 aromatic rings. The van der Waals surface area contributed by atoms with Crippen LogP contribution in [0.5, 0.6) is 0 Å². The lowest BCUT2D eigenvalue weighted by atomic mass is 10.4. The molecule has 0 saturated heterocycles. The van der Waals surface area contributed by atoms with Crippen molar-refractivity contribution in [3.05, 3.63) is 30.3 Å². The fourth-order valence-corrected chi connectivity index (χ4v) is 2.43. The molecule has 0 aliphatic carbocycles. The average molecular weight is 218 g/mol. The average Bonchev–Trinajstić information content (AvgIpc) is 2.16. The monoisotopic (exact) mass is 218 g/mol. The van der Waals surface area contributed by atoms with Gasteiger partial charge in [-0.2, -0.15) is 12.0 Å². The van der Waals surface area contributed by atoms with Gasteiger partial charge in [0, 0.05) is 17.8 Å². The fraction of sp³-hybridized carbons (Fsp3) is 0.250. The van der Waals surface area contributed by atoms with E-state index in [-0.39, 0.29) is 4.90 Å². The first-order valence-electron chi connectivity index (χ1n) is 3.78. The third-order valence-corrected chi connectivity index (χ3v) is 3.47. The summed E-state index contributed by atoms with van der Waals surface area (Å²) in [6.45, 7) is 1.82. The summed E-state index contributed by atoms with van der Waals surface area (Å²) in [5.41, 5.74) is 0. The highest BCUT2D eigenvalue weighted by molar-refractivity contribution is 8.04. The van der Waals surface area contributed by atoms with Gasteiger partial charge in [0.05, 0.1) is 4.90 Å². The normalized spacial score (nSPS) is 11.5. The maximum absolute atomic E-state index is 11.3. The molecule has 0 amide bonds. The van der Waals surface area contributed by atoms with E-state index in [0.29, 0.717) is 5.75 Å². The van der Waals surface area contributed by atoms with Crippen LogP contribution in [0.1, 0.15) is 6.92 Å². The van der Waals surface area contributed by atoms with E-state index >= 15 is 0 Å². The summed E-state index contributed by atoms with van der Waals surface area (Å²) < 4.78 is 27.3. The van der Waals surface area contributed by atoms with Crippen LogP contribution in [0.4, 0.5) is 0 Å². The standard InChI is InChI=1S/C8H10O3S2/c1-2-12-11-13(9,10)8-6-4-3-5-7-8/h3-7H,2H2,1H3. The second kappa shape index (κ2) is 4.64. The molecule has 5 heteroatoms. The lowest BCUT2D eigenvalue weighted by Crippen LogP contribution is -2.01. The van der Waals surface area contributed by atoms with Gasteiger partial charge < -0.3 is 0 Å². The Labute approximate surface area is 82.4 Å². The van der Waals surface area contributed by atoms with Crippen LogP contribution in [-0.4, -0.2) is 14.2 Å². The molecule has 0 heterocycles. The van der Waals surface area contributed by atoms with Crippen molar-refractivity contribution < 1.29 is 12.0 Å². The first-order chi connectivity index (χ1) is 6.17. The van der Waals surface area contributed by atoms with Gasteiger partial charge in [0.1, 0.15) is 0 Å². The van der Waals surface area contributed by atoms with Crippen LogP contribution in [0.2, 0.25) is 0 Å². The Morgan fingerprint density at radius 1 is 1.31 bits per heavy atom. The topological polar surface area (TPSA) is 43.4 Å². The molecule has 0 saturated carbocycles. The van der Waals surface area contributed by atoms with Crippen LogP contribution in [-0.2, 0) is 13.7 Å². The summed E-state index contributed by atoms with van der Waals surface area (Å²) in [7, 11) is -3.56. The molecule has 0 N–H and O–H groups in total. The van der Waals surface area contributed by atoms with Gasteiger partial charge in [-0.1, -0.05) is 25.1 Å². The zero-order chi connectivity index (χ0) is 9.73. The van der Waals surface area contributed by atoms with Gasteiger partial charge in [0.2, 0.25) is 0 Å². The Bertz CT molecular complexity index is 345. The zero-order valence-corrected chi connectivity index (χ0v) is 8.77. The van der Waals surface area contributed by atoms with Crippen LogP contribution < -0.4 is 0 Å². The molecule has 72 valence electrons. The highest BCUT2D eigenvalue weighted by Crippen LogP contribution is 2.17. The van der Waals surface area contributed by atoms with Gasteiger partial charge in [0.15, 0.2) is 0 Å². The highest BCUT2D eigenvalue weighted by Gasteiger charge is 2.13. The summed E-state index contributed by atoms with van der Waals surface area (Å²) in [6, 6.07) is 8.09. The molecule has 0 aromatic heterocycles. The summed E-state index contributed by atoms with van der Waals surface area (Å²) >= 11 is 0.922. The molecule has 0 spiro atoms. The van der Waals surface area contributed by atoms with Crippen molar-refractivity contribution in [1.82, 2.24) is 0 Å². The molecular formula is C8H10O3S2. The lowest BCUT2D eigenvalue weighted by molar-refractivity contribution is 0.518. The summed E-state index contributed by atoms with van der Waals surface area (Å²) in [6.07, 6.45) is 0. The third-order valence-electron chi connectivity index (χ3n) is 1.29. The molecule has 0 bridgehead atoms. The largest absolute Gasteiger partial charge is 0.307 e. The minimum absolute atomic E-state index is 0.191. The molecule has 3 nitrogen and oxygen atoms in total. The Morgan fingerprint density at radius 2 is 1.92 bits per heavy atom. The maximum Gasteiger partial charge on any atom is 0.307 e. The summed E-state index contributed by atoms with van der Waals surface area (Å²) in [5, 5.41) is 0. The molecule has 0 fully saturated rings. The van der Waals surface area contributed by atoms with Crippen molar-refractivity contribution in [2.45, 2.75) is 11.8 Å². The number of hydrogen-bond donors (Lipinski definition) is 0. The van der Waals surface area contributed by atoms with Crippen molar-refractivity contribution in [1.29, 1.82) is 0 Å². The SMILES string of the molecule is CCSOS(=O)(=O)c1ccccc1. The number of hydrogen-bond acceptors (Lipinski definition) is 4. The van der Waals surface area contributed by atoms with E-state index in [0.717, 1.165) is 12.0 Å². The molecule has 0 atom stereocenters. The highest BCUT2D eigenvalue weighted by atomic mass is 32.3. The van der Waals surface area contributed by atoms with Crippen molar-refractivity contribution in [2.24, 2.45) is 0 Å². The maximum atomic E-state index is 11.3. The van der Waals surface area contributed by atoms with Crippen LogP contribution >= 0.6 is 12.0 Å². The molecule has 0 unspecified atom stereocenters. The van der Waals surface area contributed by atoms with Crippen LogP contribution in [0.25, 0.3) is 0 Å². The Kier molecular flexibility index (Phi) is 3.77. The molecule has 1 aromatic carbocycles. The molecular weight excluding hydrogens is 208 g/mol. The molecule has 1 rings (SSSR count). The van der Waals surface area contributed by atoms with Crippen LogP contribution in [0.15, 0.2) is 35.2 Å².